The molecule has 1 amide bonds. The first-order valence-corrected chi connectivity index (χ1v) is 5.50. The molecular weight excluding hydrogens is 178 g/mol. The highest BCUT2D eigenvalue weighted by molar-refractivity contribution is 5.79. The number of piperazine rings is 1. The second-order valence-electron chi connectivity index (χ2n) is 4.33. The second-order valence-corrected chi connectivity index (χ2v) is 4.33. The smallest absolute Gasteiger partial charge is 0.227 e. The first kappa shape index (κ1) is 9.93. The zero-order chi connectivity index (χ0) is 9.97. The molecule has 0 spiro atoms. The molecule has 0 aromatic rings. The van der Waals surface area contributed by atoms with E-state index in [2.05, 4.69) is 17.6 Å². The lowest BCUT2D eigenvalue weighted by Gasteiger charge is -2.33. The normalized spacial score (nSPS) is 33.4. The van der Waals surface area contributed by atoms with Crippen molar-refractivity contribution in [3.05, 3.63) is 0 Å². The van der Waals surface area contributed by atoms with Gasteiger partial charge in [-0.25, -0.2) is 0 Å². The third-order valence-corrected chi connectivity index (χ3v) is 3.09. The van der Waals surface area contributed by atoms with Gasteiger partial charge in [0.05, 0.1) is 5.92 Å². The topological polar surface area (TPSA) is 44.4 Å². The van der Waals surface area contributed by atoms with Crippen molar-refractivity contribution in [3.63, 3.8) is 0 Å². The monoisotopic (exact) mass is 197 g/mol. The average molecular weight is 197 g/mol. The van der Waals surface area contributed by atoms with Gasteiger partial charge in [0.15, 0.2) is 0 Å². The van der Waals surface area contributed by atoms with E-state index in [1.165, 1.54) is 0 Å². The zero-order valence-corrected chi connectivity index (χ0v) is 8.75. The van der Waals surface area contributed by atoms with Gasteiger partial charge in [0.1, 0.15) is 0 Å². The molecule has 0 bridgehead atoms. The van der Waals surface area contributed by atoms with Gasteiger partial charge in [-0.05, 0) is 19.9 Å². The Morgan fingerprint density at radius 3 is 2.93 bits per heavy atom. The molecule has 2 aliphatic heterocycles. The summed E-state index contributed by atoms with van der Waals surface area (Å²) < 4.78 is 0. The zero-order valence-electron chi connectivity index (χ0n) is 8.75. The van der Waals surface area contributed by atoms with Crippen LogP contribution in [0.5, 0.6) is 0 Å². The van der Waals surface area contributed by atoms with Crippen LogP contribution < -0.4 is 10.6 Å². The predicted molar refractivity (Wildman–Crippen MR) is 55.0 cm³/mol. The van der Waals surface area contributed by atoms with Crippen LogP contribution in [0.4, 0.5) is 0 Å². The standard InChI is InChI=1S/C10H19N3O/c1-8-7-13(5-4-12-8)10(14)9-2-3-11-6-9/h8-9,11-12H,2-7H2,1H3. The van der Waals surface area contributed by atoms with Crippen molar-refractivity contribution in [3.8, 4) is 0 Å². The molecule has 0 radical (unpaired) electrons. The van der Waals surface area contributed by atoms with Crippen molar-refractivity contribution < 1.29 is 4.79 Å². The molecule has 2 heterocycles. The first-order valence-electron chi connectivity index (χ1n) is 5.50. The van der Waals surface area contributed by atoms with Crippen molar-refractivity contribution in [2.75, 3.05) is 32.7 Å². The van der Waals surface area contributed by atoms with Crippen LogP contribution in [-0.4, -0.2) is 49.6 Å². The first-order chi connectivity index (χ1) is 6.77. The minimum Gasteiger partial charge on any atom is -0.340 e. The van der Waals surface area contributed by atoms with Gasteiger partial charge in [0.2, 0.25) is 5.91 Å². The lowest BCUT2D eigenvalue weighted by atomic mass is 10.1. The van der Waals surface area contributed by atoms with Gasteiger partial charge in [-0.1, -0.05) is 0 Å². The van der Waals surface area contributed by atoms with Crippen molar-refractivity contribution >= 4 is 5.91 Å². The summed E-state index contributed by atoms with van der Waals surface area (Å²) in [5.74, 6) is 0.587. The lowest BCUT2D eigenvalue weighted by Crippen LogP contribution is -2.53. The Kier molecular flexibility index (Phi) is 3.03. The summed E-state index contributed by atoms with van der Waals surface area (Å²) in [6, 6.07) is 0.446. The Morgan fingerprint density at radius 1 is 1.43 bits per heavy atom. The van der Waals surface area contributed by atoms with Gasteiger partial charge in [0.25, 0.3) is 0 Å². The highest BCUT2D eigenvalue weighted by atomic mass is 16.2. The molecule has 2 N–H and O–H groups in total. The third-order valence-electron chi connectivity index (χ3n) is 3.09. The molecule has 4 nitrogen and oxygen atoms in total. The van der Waals surface area contributed by atoms with E-state index in [4.69, 9.17) is 0 Å². The maximum atomic E-state index is 12.0. The number of carbonyl (C=O) groups excluding carboxylic acids is 1. The Balaban J connectivity index is 1.89. The molecule has 2 saturated heterocycles. The summed E-state index contributed by atoms with van der Waals surface area (Å²) in [7, 11) is 0. The number of rotatable bonds is 1. The minimum atomic E-state index is 0.236. The van der Waals surface area contributed by atoms with Crippen LogP contribution in [0.25, 0.3) is 0 Å². The summed E-state index contributed by atoms with van der Waals surface area (Å²) in [6.07, 6.45) is 1.01. The van der Waals surface area contributed by atoms with E-state index in [9.17, 15) is 4.79 Å². The van der Waals surface area contributed by atoms with E-state index < -0.39 is 0 Å². The molecule has 80 valence electrons. The second kappa shape index (κ2) is 4.28. The third kappa shape index (κ3) is 2.07. The summed E-state index contributed by atoms with van der Waals surface area (Å²) in [4.78, 5) is 14.0. The number of carbonyl (C=O) groups is 1. The van der Waals surface area contributed by atoms with Crippen LogP contribution in [0.3, 0.4) is 0 Å². The molecule has 0 aliphatic carbocycles. The fourth-order valence-electron chi connectivity index (χ4n) is 2.26. The van der Waals surface area contributed by atoms with Crippen molar-refractivity contribution in [1.29, 1.82) is 0 Å². The molecule has 2 atom stereocenters. The molecule has 0 aromatic heterocycles. The van der Waals surface area contributed by atoms with Crippen molar-refractivity contribution in [2.24, 2.45) is 5.92 Å². The Labute approximate surface area is 85.0 Å². The minimum absolute atomic E-state index is 0.236. The summed E-state index contributed by atoms with van der Waals surface area (Å²) >= 11 is 0. The maximum absolute atomic E-state index is 12.0. The molecular formula is C10H19N3O. The van der Waals surface area contributed by atoms with Crippen molar-refractivity contribution in [1.82, 2.24) is 15.5 Å². The van der Waals surface area contributed by atoms with E-state index in [1.54, 1.807) is 0 Å². The van der Waals surface area contributed by atoms with Gasteiger partial charge in [-0.3, -0.25) is 4.79 Å². The number of nitrogens with zero attached hydrogens (tertiary/aromatic N) is 1. The molecule has 2 fully saturated rings. The Morgan fingerprint density at radius 2 is 2.29 bits per heavy atom. The van der Waals surface area contributed by atoms with Gasteiger partial charge < -0.3 is 15.5 Å². The summed E-state index contributed by atoms with van der Waals surface area (Å²) in [5.41, 5.74) is 0. The van der Waals surface area contributed by atoms with Crippen molar-refractivity contribution in [2.45, 2.75) is 19.4 Å². The molecule has 2 unspecified atom stereocenters. The Bertz CT molecular complexity index is 213. The molecule has 2 rings (SSSR count). The van der Waals surface area contributed by atoms with E-state index in [1.807, 2.05) is 4.90 Å². The fraction of sp³-hybridized carbons (Fsp3) is 0.900. The van der Waals surface area contributed by atoms with Gasteiger partial charge >= 0.3 is 0 Å². The fourth-order valence-corrected chi connectivity index (χ4v) is 2.26. The predicted octanol–water partition coefficient (Wildman–Crippen LogP) is -0.584. The number of nitrogens with one attached hydrogen (secondary N) is 2. The quantitative estimate of drug-likeness (QED) is 0.591. The summed E-state index contributed by atoms with van der Waals surface area (Å²) in [5, 5.41) is 6.59. The van der Waals surface area contributed by atoms with Gasteiger partial charge in [-0.15, -0.1) is 0 Å². The van der Waals surface area contributed by atoms with E-state index >= 15 is 0 Å². The van der Waals surface area contributed by atoms with E-state index in [0.29, 0.717) is 11.9 Å². The average Bonchev–Trinajstić information content (AvgIpc) is 2.69. The number of hydrogen-bond donors (Lipinski definition) is 2. The SMILES string of the molecule is CC1CN(C(=O)C2CCNC2)CCN1. The highest BCUT2D eigenvalue weighted by Crippen LogP contribution is 2.12. The van der Waals surface area contributed by atoms with Gasteiger partial charge in [0, 0.05) is 32.2 Å². The largest absolute Gasteiger partial charge is 0.340 e. The lowest BCUT2D eigenvalue weighted by molar-refractivity contribution is -0.136. The molecule has 2 aliphatic rings. The molecule has 0 aromatic carbocycles. The Hall–Kier alpha value is -0.610. The van der Waals surface area contributed by atoms with Crippen LogP contribution in [0.15, 0.2) is 0 Å². The molecule has 14 heavy (non-hydrogen) atoms. The maximum Gasteiger partial charge on any atom is 0.227 e. The number of amides is 1. The number of hydrogen-bond acceptors (Lipinski definition) is 3. The highest BCUT2D eigenvalue weighted by Gasteiger charge is 2.29. The van der Waals surface area contributed by atoms with Crippen LogP contribution in [0.1, 0.15) is 13.3 Å². The van der Waals surface area contributed by atoms with Crippen LogP contribution in [0, 0.1) is 5.92 Å². The van der Waals surface area contributed by atoms with Crippen LogP contribution in [-0.2, 0) is 4.79 Å². The molecule has 0 saturated carbocycles. The van der Waals surface area contributed by atoms with Crippen LogP contribution in [0.2, 0.25) is 0 Å². The van der Waals surface area contributed by atoms with E-state index in [-0.39, 0.29) is 5.92 Å². The van der Waals surface area contributed by atoms with Crippen LogP contribution >= 0.6 is 0 Å². The summed E-state index contributed by atoms with van der Waals surface area (Å²) in [6.45, 7) is 6.68. The molecule has 4 heteroatoms. The van der Waals surface area contributed by atoms with E-state index in [0.717, 1.165) is 39.1 Å². The van der Waals surface area contributed by atoms with Gasteiger partial charge in [-0.2, -0.15) is 0 Å².